The molecule has 3 aromatic carbocycles. The zero-order chi connectivity index (χ0) is 24.1. The van der Waals surface area contributed by atoms with Crippen LogP contribution in [-0.2, 0) is 28.8 Å². The van der Waals surface area contributed by atoms with E-state index in [2.05, 4.69) is 30.4 Å². The van der Waals surface area contributed by atoms with Crippen LogP contribution in [0.5, 0.6) is 5.75 Å². The molecule has 3 aromatic rings. The summed E-state index contributed by atoms with van der Waals surface area (Å²) in [5.74, 6) is -0.101. The van der Waals surface area contributed by atoms with Crippen LogP contribution in [0.1, 0.15) is 32.6 Å². The van der Waals surface area contributed by atoms with Gasteiger partial charge in [0.15, 0.2) is 0 Å². The first-order valence-electron chi connectivity index (χ1n) is 11.3. The average molecular weight is 476 g/mol. The number of carbonyl (C=O) groups is 2. The summed E-state index contributed by atoms with van der Waals surface area (Å²) < 4.78 is 11.2. The molecule has 1 aliphatic rings. The Hall–Kier alpha value is -3.25. The van der Waals surface area contributed by atoms with Gasteiger partial charge in [-0.2, -0.15) is 0 Å². The van der Waals surface area contributed by atoms with E-state index in [1.807, 2.05) is 42.7 Å². The molecule has 0 unspecified atom stereocenters. The zero-order valence-corrected chi connectivity index (χ0v) is 20.5. The third kappa shape index (κ3) is 5.12. The Bertz CT molecular complexity index is 1180. The SMILES string of the molecule is COC(=O)C1(NC(=O)c2ccc(SC)c(OCCc3cccc(C)c3)c2)Cc2ccccc2C1. The molecule has 0 bridgehead atoms. The Morgan fingerprint density at radius 1 is 1.00 bits per heavy atom. The number of rotatable bonds is 8. The van der Waals surface area contributed by atoms with Gasteiger partial charge in [-0.25, -0.2) is 4.79 Å². The average Bonchev–Trinajstić information content (AvgIpc) is 3.22. The van der Waals surface area contributed by atoms with Crippen molar-refractivity contribution < 1.29 is 19.1 Å². The molecule has 1 N–H and O–H groups in total. The topological polar surface area (TPSA) is 64.6 Å². The molecular weight excluding hydrogens is 446 g/mol. The zero-order valence-electron chi connectivity index (χ0n) is 19.7. The fourth-order valence-electron chi connectivity index (χ4n) is 4.46. The van der Waals surface area contributed by atoms with E-state index >= 15 is 0 Å². The first-order chi connectivity index (χ1) is 16.4. The van der Waals surface area contributed by atoms with E-state index in [1.54, 1.807) is 23.9 Å². The van der Waals surface area contributed by atoms with E-state index < -0.39 is 11.5 Å². The van der Waals surface area contributed by atoms with E-state index in [0.717, 1.165) is 22.4 Å². The number of fused-ring (bicyclic) bond motifs is 1. The lowest BCUT2D eigenvalue weighted by atomic mass is 9.95. The molecule has 0 radical (unpaired) electrons. The molecule has 34 heavy (non-hydrogen) atoms. The van der Waals surface area contributed by atoms with Gasteiger partial charge in [0.05, 0.1) is 13.7 Å². The van der Waals surface area contributed by atoms with Crippen molar-refractivity contribution >= 4 is 23.6 Å². The first kappa shape index (κ1) is 23.9. The standard InChI is InChI=1S/C28H29NO4S/c1-19-7-6-8-20(15-19)13-14-33-24-16-21(11-12-25(24)34-3)26(30)29-28(27(31)32-2)17-22-9-4-5-10-23(22)18-28/h4-12,15-16H,13-14,17-18H2,1-3H3,(H,29,30). The fraction of sp³-hybridized carbons (Fsp3) is 0.286. The quantitative estimate of drug-likeness (QED) is 0.375. The number of carbonyl (C=O) groups excluding carboxylic acids is 2. The number of esters is 1. The maximum absolute atomic E-state index is 13.3. The number of benzene rings is 3. The second-order valence-corrected chi connectivity index (χ2v) is 9.45. The largest absolute Gasteiger partial charge is 0.492 e. The van der Waals surface area contributed by atoms with Crippen molar-refractivity contribution in [1.29, 1.82) is 0 Å². The monoisotopic (exact) mass is 475 g/mol. The third-order valence-electron chi connectivity index (χ3n) is 6.19. The molecule has 0 aromatic heterocycles. The van der Waals surface area contributed by atoms with Gasteiger partial charge in [0.25, 0.3) is 5.91 Å². The van der Waals surface area contributed by atoms with Gasteiger partial charge in [-0.3, -0.25) is 4.79 Å². The lowest BCUT2D eigenvalue weighted by Crippen LogP contribution is -2.56. The molecule has 0 heterocycles. The van der Waals surface area contributed by atoms with E-state index in [9.17, 15) is 9.59 Å². The second-order valence-electron chi connectivity index (χ2n) is 8.60. The highest BCUT2D eigenvalue weighted by Gasteiger charge is 2.46. The van der Waals surface area contributed by atoms with Crippen molar-refractivity contribution in [3.05, 3.63) is 94.5 Å². The summed E-state index contributed by atoms with van der Waals surface area (Å²) in [6.45, 7) is 2.58. The Morgan fingerprint density at radius 2 is 1.74 bits per heavy atom. The van der Waals surface area contributed by atoms with E-state index in [4.69, 9.17) is 9.47 Å². The van der Waals surface area contributed by atoms with Crippen LogP contribution in [-0.4, -0.2) is 37.4 Å². The molecule has 6 heteroatoms. The van der Waals surface area contributed by atoms with Crippen molar-refractivity contribution in [2.45, 2.75) is 36.6 Å². The van der Waals surface area contributed by atoms with Crippen LogP contribution in [0.2, 0.25) is 0 Å². The normalized spacial score (nSPS) is 13.7. The molecule has 0 saturated carbocycles. The number of hydrogen-bond acceptors (Lipinski definition) is 5. The van der Waals surface area contributed by atoms with E-state index in [1.165, 1.54) is 18.2 Å². The van der Waals surface area contributed by atoms with Crippen molar-refractivity contribution in [2.24, 2.45) is 0 Å². The van der Waals surface area contributed by atoms with Crippen LogP contribution in [0.15, 0.2) is 71.6 Å². The number of methoxy groups -OCH3 is 1. The summed E-state index contributed by atoms with van der Waals surface area (Å²) in [5.41, 5.74) is 3.86. The highest BCUT2D eigenvalue weighted by Crippen LogP contribution is 2.33. The molecule has 0 fully saturated rings. The van der Waals surface area contributed by atoms with Crippen LogP contribution in [0.4, 0.5) is 0 Å². The van der Waals surface area contributed by atoms with Gasteiger partial charge >= 0.3 is 5.97 Å². The van der Waals surface area contributed by atoms with Crippen LogP contribution in [0.25, 0.3) is 0 Å². The van der Waals surface area contributed by atoms with Gasteiger partial charge in [0.1, 0.15) is 11.3 Å². The van der Waals surface area contributed by atoms with Crippen molar-refractivity contribution in [3.63, 3.8) is 0 Å². The molecule has 0 atom stereocenters. The summed E-state index contributed by atoms with van der Waals surface area (Å²) in [7, 11) is 1.35. The number of amides is 1. The van der Waals surface area contributed by atoms with Gasteiger partial charge < -0.3 is 14.8 Å². The van der Waals surface area contributed by atoms with Crippen molar-refractivity contribution in [3.8, 4) is 5.75 Å². The van der Waals surface area contributed by atoms with Crippen LogP contribution >= 0.6 is 11.8 Å². The Labute approximate surface area is 204 Å². The highest BCUT2D eigenvalue weighted by molar-refractivity contribution is 7.98. The van der Waals surface area contributed by atoms with Gasteiger partial charge in [-0.15, -0.1) is 11.8 Å². The third-order valence-corrected chi connectivity index (χ3v) is 6.97. The Balaban J connectivity index is 1.50. The number of hydrogen-bond donors (Lipinski definition) is 1. The van der Waals surface area contributed by atoms with Gasteiger partial charge in [0, 0.05) is 29.7 Å². The van der Waals surface area contributed by atoms with Gasteiger partial charge in [-0.1, -0.05) is 54.1 Å². The summed E-state index contributed by atoms with van der Waals surface area (Å²) in [4.78, 5) is 27.0. The van der Waals surface area contributed by atoms with E-state index in [0.29, 0.717) is 30.8 Å². The first-order valence-corrected chi connectivity index (χ1v) is 12.5. The maximum Gasteiger partial charge on any atom is 0.332 e. The summed E-state index contributed by atoms with van der Waals surface area (Å²) in [6, 6.07) is 21.6. The fourth-order valence-corrected chi connectivity index (χ4v) is 4.98. The van der Waals surface area contributed by atoms with Crippen molar-refractivity contribution in [1.82, 2.24) is 5.32 Å². The molecule has 1 aliphatic carbocycles. The lowest BCUT2D eigenvalue weighted by molar-refractivity contribution is -0.147. The summed E-state index contributed by atoms with van der Waals surface area (Å²) in [6.07, 6.45) is 3.56. The van der Waals surface area contributed by atoms with Gasteiger partial charge in [0.2, 0.25) is 0 Å². The smallest absolute Gasteiger partial charge is 0.332 e. The number of aryl methyl sites for hydroxylation is 1. The predicted octanol–water partition coefficient (Wildman–Crippen LogP) is 4.78. The number of ether oxygens (including phenoxy) is 2. The summed E-state index contributed by atoms with van der Waals surface area (Å²) >= 11 is 1.57. The highest BCUT2D eigenvalue weighted by atomic mass is 32.2. The van der Waals surface area contributed by atoms with Crippen LogP contribution in [0.3, 0.4) is 0 Å². The minimum Gasteiger partial charge on any atom is -0.492 e. The number of nitrogens with one attached hydrogen (secondary N) is 1. The predicted molar refractivity (Wildman–Crippen MR) is 135 cm³/mol. The summed E-state index contributed by atoms with van der Waals surface area (Å²) in [5, 5.41) is 2.98. The second kappa shape index (κ2) is 10.3. The number of thioether (sulfide) groups is 1. The van der Waals surface area contributed by atoms with Crippen LogP contribution in [0, 0.1) is 6.92 Å². The minimum atomic E-state index is -1.11. The molecule has 1 amide bonds. The van der Waals surface area contributed by atoms with Crippen LogP contribution < -0.4 is 10.1 Å². The maximum atomic E-state index is 13.3. The van der Waals surface area contributed by atoms with Gasteiger partial charge in [-0.05, 0) is 48.1 Å². The lowest BCUT2D eigenvalue weighted by Gasteiger charge is -2.27. The molecule has 5 nitrogen and oxygen atoms in total. The van der Waals surface area contributed by atoms with Crippen molar-refractivity contribution in [2.75, 3.05) is 20.0 Å². The minimum absolute atomic E-state index is 0.325. The Morgan fingerprint density at radius 3 is 2.38 bits per heavy atom. The van der Waals surface area contributed by atoms with E-state index in [-0.39, 0.29) is 5.91 Å². The molecule has 0 saturated heterocycles. The molecular formula is C28H29NO4S. The Kier molecular flexibility index (Phi) is 7.27. The molecule has 4 rings (SSSR count). The molecule has 0 spiro atoms. The molecule has 176 valence electrons. The molecule has 0 aliphatic heterocycles.